The first-order chi connectivity index (χ1) is 43.6. The molecule has 460 valence electrons. The van der Waals surface area contributed by atoms with Crippen molar-refractivity contribution in [2.45, 2.75) is 150 Å². The minimum absolute atomic E-state index is 0.00820. The highest BCUT2D eigenvalue weighted by atomic mass is 16.6. The van der Waals surface area contributed by atoms with Gasteiger partial charge >= 0.3 is 17.6 Å². The van der Waals surface area contributed by atoms with E-state index in [1.807, 2.05) is 0 Å². The van der Waals surface area contributed by atoms with Crippen molar-refractivity contribution in [2.24, 2.45) is 35.5 Å². The molecule has 4 N–H and O–H groups in total. The number of aryl methyl sites for hydroxylation is 1. The van der Waals surface area contributed by atoms with E-state index < -0.39 is 54.7 Å². The summed E-state index contributed by atoms with van der Waals surface area (Å²) in [5.41, 5.74) is 10.5. The summed E-state index contributed by atoms with van der Waals surface area (Å²) in [5.74, 6) is -0.620. The first-order valence-corrected chi connectivity index (χ1v) is 32.9. The van der Waals surface area contributed by atoms with Crippen LogP contribution in [0.15, 0.2) is 142 Å². The van der Waals surface area contributed by atoms with Crippen LogP contribution in [0.3, 0.4) is 0 Å². The van der Waals surface area contributed by atoms with E-state index in [1.54, 1.807) is 19.1 Å². The smallest absolute Gasteiger partial charge is 0.340 e. The lowest BCUT2D eigenvalue weighted by molar-refractivity contribution is -0.212. The molecular formula is C77H80O12. The summed E-state index contributed by atoms with van der Waals surface area (Å²) >= 11 is 0. The third kappa shape index (κ3) is 9.50. The van der Waals surface area contributed by atoms with Gasteiger partial charge in [0, 0.05) is 46.8 Å². The van der Waals surface area contributed by atoms with E-state index in [4.69, 9.17) is 23.4 Å². The summed E-state index contributed by atoms with van der Waals surface area (Å²) in [4.78, 5) is 46.5. The van der Waals surface area contributed by atoms with E-state index >= 15 is 9.59 Å². The number of hydrogen-bond acceptors (Lipinski definition) is 12. The van der Waals surface area contributed by atoms with Crippen molar-refractivity contribution in [1.82, 2.24) is 0 Å². The first-order valence-electron chi connectivity index (χ1n) is 32.9. The molecule has 2 bridgehead atoms. The molecule has 12 nitrogen and oxygen atoms in total. The summed E-state index contributed by atoms with van der Waals surface area (Å²) in [6.07, 6.45) is 21.4. The maximum Gasteiger partial charge on any atom is 0.340 e. The van der Waals surface area contributed by atoms with Gasteiger partial charge in [0.15, 0.2) is 17.8 Å². The van der Waals surface area contributed by atoms with Crippen LogP contribution >= 0.6 is 0 Å². The Balaban J connectivity index is 0.880. The largest absolute Gasteiger partial charge is 0.482 e. The van der Waals surface area contributed by atoms with E-state index in [9.17, 15) is 25.2 Å². The van der Waals surface area contributed by atoms with Crippen molar-refractivity contribution < 1.29 is 53.4 Å². The number of fused-ring (bicyclic) bond motifs is 19. The Morgan fingerprint density at radius 1 is 0.730 bits per heavy atom. The number of aliphatic hydroxyl groups is 4. The van der Waals surface area contributed by atoms with Crippen LogP contribution in [-0.4, -0.2) is 70.7 Å². The molecule has 7 aliphatic carbocycles. The van der Waals surface area contributed by atoms with E-state index in [-0.39, 0.29) is 108 Å². The second kappa shape index (κ2) is 23.6. The zero-order chi connectivity index (χ0) is 60.7. The summed E-state index contributed by atoms with van der Waals surface area (Å²) in [5, 5.41) is 42.5. The highest BCUT2D eigenvalue weighted by Gasteiger charge is 2.65. The standard InChI is InChI=1S/C77H80O12/c1-44(40-79)54-28-20-45-18-21-47(22-19-45)55-29-25-49(57-14-7-17-65-60(57)31-27-53-12-6-11-52-26-23-48-10-3-5-16-64(48)77(52,53)65)37-51(55)38-68(82)86-72-70-67(33-32-61-63(41-80)69(75(84)87-71(61)70)50(34-36-78)42-85-43-81)89-76(73(72)88-74(54)83)35-8-15-59-58-30-24-46-9-2-4-13-56(46)62(58)39-66(59)76/h2-5,7,9-10,13-14,16-19,21-24,26-27,30-33,49-53,55,58-59,62,66,72-73,78-81H,6,8,11-12,15,20,25,28-29,34-43H2,1H3/b54-44-/t49-,50-,51-,52-,53+,55+,58-,59-,62-,66+,72-,73+,76+,77+/m1/s1. The summed E-state index contributed by atoms with van der Waals surface area (Å²) < 4.78 is 34.0. The molecule has 0 unspecified atom stereocenters. The zero-order valence-corrected chi connectivity index (χ0v) is 50.7. The molecule has 0 saturated heterocycles. The number of esters is 2. The number of hydrogen-bond donors (Lipinski definition) is 4. The average Bonchev–Trinajstić information content (AvgIpc) is 1.52. The Hall–Kier alpha value is -7.19. The molecule has 0 radical (unpaired) electrons. The van der Waals surface area contributed by atoms with Crippen LogP contribution in [0.2, 0.25) is 0 Å². The Labute approximate surface area is 520 Å². The minimum atomic E-state index is -1.37. The van der Waals surface area contributed by atoms with Gasteiger partial charge in [0.1, 0.15) is 18.1 Å². The lowest BCUT2D eigenvalue weighted by Gasteiger charge is -2.54. The zero-order valence-electron chi connectivity index (χ0n) is 50.7. The molecule has 1 aromatic heterocycles. The highest BCUT2D eigenvalue weighted by Crippen LogP contribution is 2.65. The number of aliphatic hydroxyl groups excluding tert-OH is 4. The van der Waals surface area contributed by atoms with Crippen LogP contribution in [0.5, 0.6) is 5.75 Å². The molecule has 3 aliphatic heterocycles. The highest BCUT2D eigenvalue weighted by molar-refractivity contribution is 5.91. The number of carbonyl (C=O) groups is 2. The number of ether oxygens (including phenoxy) is 4. The maximum atomic E-state index is 16.1. The number of benzene rings is 5. The monoisotopic (exact) mass is 1200 g/mol. The van der Waals surface area contributed by atoms with E-state index in [0.29, 0.717) is 53.4 Å². The van der Waals surface area contributed by atoms with Crippen LogP contribution in [0.4, 0.5) is 0 Å². The predicted molar refractivity (Wildman–Crippen MR) is 340 cm³/mol. The van der Waals surface area contributed by atoms with Crippen LogP contribution in [0.1, 0.15) is 187 Å². The molecular weight excluding hydrogens is 1120 g/mol. The molecule has 12 heteroatoms. The van der Waals surface area contributed by atoms with Gasteiger partial charge in [0.2, 0.25) is 0 Å². The van der Waals surface area contributed by atoms with Crippen LogP contribution in [0.25, 0.3) is 29.2 Å². The van der Waals surface area contributed by atoms with Gasteiger partial charge in [-0.1, -0.05) is 134 Å². The van der Waals surface area contributed by atoms with Crippen molar-refractivity contribution in [3.8, 4) is 5.75 Å². The molecule has 4 heterocycles. The van der Waals surface area contributed by atoms with Crippen molar-refractivity contribution in [2.75, 3.05) is 26.6 Å². The number of carbonyl (C=O) groups excluding carboxylic acids is 2. The van der Waals surface area contributed by atoms with Crippen LogP contribution in [0, 0.1) is 35.5 Å². The van der Waals surface area contributed by atoms with Crippen molar-refractivity contribution in [3.05, 3.63) is 210 Å². The van der Waals surface area contributed by atoms with Gasteiger partial charge < -0.3 is 43.8 Å². The third-order valence-electron chi connectivity index (χ3n) is 23.2. The van der Waals surface area contributed by atoms with E-state index in [1.165, 1.54) is 45.4 Å². The topological polar surface area (TPSA) is 182 Å². The molecule has 2 spiro atoms. The molecule has 6 aromatic rings. The average molecular weight is 1200 g/mol. The summed E-state index contributed by atoms with van der Waals surface area (Å²) in [6, 6.07) is 36.8. The van der Waals surface area contributed by atoms with E-state index in [2.05, 4.69) is 127 Å². The molecule has 89 heavy (non-hydrogen) atoms. The van der Waals surface area contributed by atoms with Gasteiger partial charge in [-0.3, -0.25) is 4.79 Å². The quantitative estimate of drug-likeness (QED) is 0.0466. The molecule has 4 fully saturated rings. The fourth-order valence-corrected chi connectivity index (χ4v) is 19.4. The van der Waals surface area contributed by atoms with Gasteiger partial charge in [0.05, 0.1) is 25.4 Å². The van der Waals surface area contributed by atoms with Crippen molar-refractivity contribution in [3.63, 3.8) is 0 Å². The van der Waals surface area contributed by atoms with Crippen molar-refractivity contribution >= 4 is 41.1 Å². The lowest BCUT2D eigenvalue weighted by atomic mass is 9.49. The van der Waals surface area contributed by atoms with Gasteiger partial charge in [0.25, 0.3) is 0 Å². The summed E-state index contributed by atoms with van der Waals surface area (Å²) in [7, 11) is 0. The second-order valence-corrected chi connectivity index (χ2v) is 27.2. The fraction of sp³-hybridized carbons (Fsp3) is 0.442. The first kappa shape index (κ1) is 58.2. The third-order valence-corrected chi connectivity index (χ3v) is 23.2. The normalized spacial score (nSPS) is 31.4. The molecule has 14 atom stereocenters. The predicted octanol–water partition coefficient (Wildman–Crippen LogP) is 13.4. The number of allylic oxidation sites excluding steroid dienone is 3. The van der Waals surface area contributed by atoms with Gasteiger partial charge in [-0.25, -0.2) is 9.59 Å². The van der Waals surface area contributed by atoms with Gasteiger partial charge in [-0.05, 0) is 205 Å². The van der Waals surface area contributed by atoms with Gasteiger partial charge in [-0.15, -0.1) is 0 Å². The Kier molecular flexibility index (Phi) is 15.4. The molecule has 16 rings (SSSR count). The molecule has 10 aliphatic rings. The Morgan fingerprint density at radius 3 is 2.31 bits per heavy atom. The Bertz CT molecular complexity index is 3940. The van der Waals surface area contributed by atoms with E-state index in [0.717, 1.165) is 56.1 Å². The molecule has 5 aromatic carbocycles. The molecule has 0 amide bonds. The maximum absolute atomic E-state index is 16.1. The fourth-order valence-electron chi connectivity index (χ4n) is 19.4. The SMILES string of the molecule is C/C(CO)=C1\CCc2ccc(cc2)[C@@H]2CC[C@@H](c3cccc4c3C=C[C@@H]3CCC[C@@H]5C=Cc6ccccc6[C@@]435)C[C@@H]2CC(=O)O[C@@H]2c3c(ccc4c(CO)c([C@H](CCO)COCO)c(=O)oc34)O[C@]3(CCC[C@@H]4[C@H]5C=Cc6ccccc6[C@H]5C[C@@H]43)[C@H]2OC1=O. The molecule has 4 saturated carbocycles. The van der Waals surface area contributed by atoms with Crippen LogP contribution < -0.4 is 10.4 Å². The second-order valence-electron chi connectivity index (χ2n) is 27.2. The summed E-state index contributed by atoms with van der Waals surface area (Å²) in [6.45, 7) is -0.286. The number of rotatable bonds is 9. The van der Waals surface area contributed by atoms with Crippen molar-refractivity contribution in [1.29, 1.82) is 0 Å². The lowest BCUT2D eigenvalue weighted by Crippen LogP contribution is -2.62. The Morgan fingerprint density at radius 2 is 1.51 bits per heavy atom. The minimum Gasteiger partial charge on any atom is -0.482 e. The van der Waals surface area contributed by atoms with Gasteiger partial charge in [-0.2, -0.15) is 0 Å². The van der Waals surface area contributed by atoms with Crippen LogP contribution in [-0.2, 0) is 42.2 Å².